The second-order valence-corrected chi connectivity index (χ2v) is 23.3. The highest BCUT2D eigenvalue weighted by Crippen LogP contribution is 2.23. The first-order valence-electron chi connectivity index (χ1n) is 32.1. The number of aryl methyl sites for hydroxylation is 5. The summed E-state index contributed by atoms with van der Waals surface area (Å²) < 4.78 is 0. The molecule has 0 spiro atoms. The van der Waals surface area contributed by atoms with Crippen molar-refractivity contribution < 1.29 is 0 Å². The fourth-order valence-corrected chi connectivity index (χ4v) is 8.05. The summed E-state index contributed by atoms with van der Waals surface area (Å²) >= 11 is 0. The van der Waals surface area contributed by atoms with Crippen molar-refractivity contribution in [1.29, 1.82) is 0 Å². The molecule has 84 heavy (non-hydrogen) atoms. The molecule has 0 aromatic heterocycles. The minimum Gasteiger partial charge on any atom is -0.0776 e. The highest BCUT2D eigenvalue weighted by atomic mass is 14.1. The van der Waals surface area contributed by atoms with Gasteiger partial charge in [0.2, 0.25) is 0 Å². The van der Waals surface area contributed by atoms with Crippen molar-refractivity contribution in [1.82, 2.24) is 0 Å². The molecular weight excluding hydrogens is 1010 g/mol. The highest BCUT2D eigenvalue weighted by Gasteiger charge is 2.06. The van der Waals surface area contributed by atoms with E-state index in [1.807, 2.05) is 44.2 Å². The van der Waals surface area contributed by atoms with Gasteiger partial charge in [0.1, 0.15) is 0 Å². The SMILES string of the molecule is C.CC.CC(C)(C)C.CC1CCCCC1.CCC.CCCC.CCCCCCC.Cc1ccc(-c2ccccc2)cc1.Cc1ccc2ccccc2c1.Cc1cccc(-c2ccccc2)c1.Cc1cccc2ccccc12.Cc1ccccc1. The zero-order valence-corrected chi connectivity index (χ0v) is 56.1. The van der Waals surface area contributed by atoms with E-state index in [0.29, 0.717) is 5.41 Å². The first kappa shape index (κ1) is 79.6. The van der Waals surface area contributed by atoms with Crippen LogP contribution in [0.25, 0.3) is 43.8 Å². The van der Waals surface area contributed by atoms with Gasteiger partial charge >= 0.3 is 0 Å². The predicted molar refractivity (Wildman–Crippen MR) is 388 cm³/mol. The second-order valence-electron chi connectivity index (χ2n) is 23.3. The van der Waals surface area contributed by atoms with Gasteiger partial charge in [0.05, 0.1) is 0 Å². The Bertz CT molecular complexity index is 2800. The minimum atomic E-state index is 0. The van der Waals surface area contributed by atoms with Gasteiger partial charge in [0.25, 0.3) is 0 Å². The Morgan fingerprint density at radius 1 is 0.333 bits per heavy atom. The average Bonchev–Trinajstić information content (AvgIpc) is 3.68. The monoisotopic (exact) mass is 1130 g/mol. The summed E-state index contributed by atoms with van der Waals surface area (Å²) in [5.74, 6) is 1.04. The maximum absolute atomic E-state index is 2.36. The van der Waals surface area contributed by atoms with Crippen LogP contribution < -0.4 is 0 Å². The Balaban J connectivity index is 0. The summed E-state index contributed by atoms with van der Waals surface area (Å²) in [6.07, 6.45) is 18.3. The topological polar surface area (TPSA) is 0 Å². The molecule has 0 bridgehead atoms. The molecule has 9 aromatic carbocycles. The molecule has 458 valence electrons. The summed E-state index contributed by atoms with van der Waals surface area (Å²) in [6.45, 7) is 38.8. The highest BCUT2D eigenvalue weighted by molar-refractivity contribution is 5.85. The van der Waals surface area contributed by atoms with Crippen LogP contribution in [0, 0.1) is 46.0 Å². The molecule has 0 radical (unpaired) electrons. The van der Waals surface area contributed by atoms with Crippen molar-refractivity contribution in [2.24, 2.45) is 11.3 Å². The molecule has 0 heteroatoms. The van der Waals surface area contributed by atoms with E-state index in [0.717, 1.165) is 5.92 Å². The van der Waals surface area contributed by atoms with Crippen molar-refractivity contribution in [3.05, 3.63) is 252 Å². The summed E-state index contributed by atoms with van der Waals surface area (Å²) in [5, 5.41) is 5.33. The molecule has 1 aliphatic carbocycles. The summed E-state index contributed by atoms with van der Waals surface area (Å²) in [7, 11) is 0. The lowest BCUT2D eigenvalue weighted by Crippen LogP contribution is -1.99. The Kier molecular flexibility index (Phi) is 49.3. The second kappa shape index (κ2) is 52.1. The van der Waals surface area contributed by atoms with E-state index in [2.05, 4.69) is 305 Å². The molecule has 10 rings (SSSR count). The van der Waals surface area contributed by atoms with Crippen molar-refractivity contribution in [3.8, 4) is 22.3 Å². The van der Waals surface area contributed by atoms with Gasteiger partial charge in [0.15, 0.2) is 0 Å². The molecule has 0 nitrogen and oxygen atoms in total. The molecule has 0 atom stereocenters. The Morgan fingerprint density at radius 2 is 0.690 bits per heavy atom. The molecule has 0 amide bonds. The summed E-state index contributed by atoms with van der Waals surface area (Å²) in [6, 6.07) is 78.0. The van der Waals surface area contributed by atoms with Crippen LogP contribution in [0.1, 0.15) is 209 Å². The average molecular weight is 1130 g/mol. The zero-order chi connectivity index (χ0) is 61.9. The lowest BCUT2D eigenvalue weighted by molar-refractivity contribution is 0.385. The molecule has 0 aliphatic heterocycles. The molecule has 0 heterocycles. The molecule has 1 aliphatic rings. The Labute approximate surface area is 520 Å². The quantitative estimate of drug-likeness (QED) is 0.140. The Morgan fingerprint density at radius 3 is 1.12 bits per heavy atom. The third-order valence-electron chi connectivity index (χ3n) is 12.7. The maximum Gasteiger partial charge on any atom is -0.0155 e. The number of hydrogen-bond donors (Lipinski definition) is 0. The van der Waals surface area contributed by atoms with Crippen molar-refractivity contribution >= 4 is 21.5 Å². The first-order valence-corrected chi connectivity index (χ1v) is 32.1. The first-order chi connectivity index (χ1) is 40.0. The number of hydrogen-bond acceptors (Lipinski definition) is 0. The van der Waals surface area contributed by atoms with E-state index in [1.165, 1.54) is 155 Å². The predicted octanol–water partition coefficient (Wildman–Crippen LogP) is 28.1. The largest absolute Gasteiger partial charge is 0.0776 e. The van der Waals surface area contributed by atoms with Crippen molar-refractivity contribution in [2.75, 3.05) is 0 Å². The smallest absolute Gasteiger partial charge is 0.0155 e. The van der Waals surface area contributed by atoms with Gasteiger partial charge in [-0.05, 0) is 95.3 Å². The zero-order valence-electron chi connectivity index (χ0n) is 56.1. The van der Waals surface area contributed by atoms with Crippen molar-refractivity contribution in [2.45, 2.75) is 216 Å². The lowest BCUT2D eigenvalue weighted by atomic mass is 9.91. The van der Waals surface area contributed by atoms with Crippen LogP contribution in [-0.2, 0) is 0 Å². The fraction of sp³-hybridized carbons (Fsp3) is 0.405. The number of unbranched alkanes of at least 4 members (excludes halogenated alkanes) is 5. The normalized spacial score (nSPS) is 10.7. The van der Waals surface area contributed by atoms with Crippen LogP contribution in [0.5, 0.6) is 0 Å². The van der Waals surface area contributed by atoms with E-state index < -0.39 is 0 Å². The van der Waals surface area contributed by atoms with Crippen LogP contribution in [0.2, 0.25) is 0 Å². The Hall–Kier alpha value is -6.50. The van der Waals surface area contributed by atoms with Crippen LogP contribution in [0.4, 0.5) is 0 Å². The maximum atomic E-state index is 2.36. The van der Waals surface area contributed by atoms with E-state index >= 15 is 0 Å². The van der Waals surface area contributed by atoms with Crippen LogP contribution in [-0.4, -0.2) is 0 Å². The van der Waals surface area contributed by atoms with Crippen LogP contribution in [0.15, 0.2) is 224 Å². The van der Waals surface area contributed by atoms with E-state index in [9.17, 15) is 0 Å². The van der Waals surface area contributed by atoms with Gasteiger partial charge in [-0.3, -0.25) is 0 Å². The van der Waals surface area contributed by atoms with Gasteiger partial charge in [-0.15, -0.1) is 0 Å². The molecule has 1 saturated carbocycles. The molecular formula is C84H122. The van der Waals surface area contributed by atoms with Gasteiger partial charge in [-0.1, -0.05) is 428 Å². The number of benzene rings is 9. The van der Waals surface area contributed by atoms with Crippen LogP contribution >= 0.6 is 0 Å². The third-order valence-corrected chi connectivity index (χ3v) is 12.7. The summed E-state index contributed by atoms with van der Waals surface area (Å²) in [4.78, 5) is 0. The lowest BCUT2D eigenvalue weighted by Gasteiger charge is -2.15. The molecule has 0 N–H and O–H groups in total. The van der Waals surface area contributed by atoms with Gasteiger partial charge in [-0.25, -0.2) is 0 Å². The molecule has 1 fully saturated rings. The fourth-order valence-electron chi connectivity index (χ4n) is 8.05. The summed E-state index contributed by atoms with van der Waals surface area (Å²) in [5.41, 5.74) is 12.2. The number of rotatable bonds is 7. The third kappa shape index (κ3) is 42.3. The van der Waals surface area contributed by atoms with Gasteiger partial charge in [-0.2, -0.15) is 0 Å². The molecule has 9 aromatic rings. The van der Waals surface area contributed by atoms with Crippen molar-refractivity contribution in [3.63, 3.8) is 0 Å². The van der Waals surface area contributed by atoms with E-state index in [4.69, 9.17) is 0 Å². The van der Waals surface area contributed by atoms with Crippen LogP contribution in [0.3, 0.4) is 0 Å². The number of fused-ring (bicyclic) bond motifs is 2. The van der Waals surface area contributed by atoms with E-state index in [1.54, 1.807) is 0 Å². The minimum absolute atomic E-state index is 0. The molecule has 0 saturated heterocycles. The van der Waals surface area contributed by atoms with E-state index in [-0.39, 0.29) is 7.43 Å². The van der Waals surface area contributed by atoms with Gasteiger partial charge in [0, 0.05) is 0 Å². The standard InChI is InChI=1S/2C13H12.2C11H10.C7H14.C7H8.C7H16.C5H12.C4H10.C3H8.C2H6.CH4/c1-11-6-5-9-13(10-11)12-7-3-2-4-8-12;1-11-7-9-13(10-8-11)12-5-3-2-4-6-12;1-9-5-4-7-10-6-2-3-8-11(9)10;1-9-6-7-10-4-2-3-5-11(10)8-9;2*1-7-5-3-2-4-6-7;1-3-5-7-6-4-2;1-5(2,3)4;1-3-4-2;1-3-2;1-2;/h2*2-10H,1H3;2*2-8H,1H3;7H,2-6H2,1H3;2-6H,1H3;3-7H2,1-2H3;1-4H3;3-4H2,1-2H3;3H2,1-2H3;1-2H3;1H4. The van der Waals surface area contributed by atoms with Gasteiger partial charge < -0.3 is 0 Å². The molecule has 0 unspecified atom stereocenters.